The molecule has 8 heteroatoms. The number of aliphatic hydroxyl groups is 1. The predicted octanol–water partition coefficient (Wildman–Crippen LogP) is 2.45. The van der Waals surface area contributed by atoms with E-state index >= 15 is 0 Å². The Morgan fingerprint density at radius 2 is 2.06 bits per heavy atom. The summed E-state index contributed by atoms with van der Waals surface area (Å²) in [5.41, 5.74) is 4.14. The third-order valence-corrected chi connectivity index (χ3v) is 6.10. The smallest absolute Gasteiger partial charge is 0.256 e. The molecule has 164 valence electrons. The first kappa shape index (κ1) is 21.3. The molecule has 2 aromatic rings. The predicted molar refractivity (Wildman–Crippen MR) is 117 cm³/mol. The number of fused-ring (bicyclic) bond motifs is 1. The normalized spacial score (nSPS) is 18.3. The van der Waals surface area contributed by atoms with E-state index < -0.39 is 5.82 Å². The first-order valence-electron chi connectivity index (χ1n) is 10.5. The van der Waals surface area contributed by atoms with Gasteiger partial charge >= 0.3 is 0 Å². The van der Waals surface area contributed by atoms with Crippen LogP contribution in [-0.2, 0) is 4.79 Å². The molecule has 2 aliphatic heterocycles. The number of aliphatic hydroxyl groups excluding tert-OH is 1. The molecule has 1 aromatic carbocycles. The summed E-state index contributed by atoms with van der Waals surface area (Å²) in [5.74, 6) is -0.850. The van der Waals surface area contributed by atoms with E-state index in [0.29, 0.717) is 34.6 Å². The fourth-order valence-electron chi connectivity index (χ4n) is 4.41. The van der Waals surface area contributed by atoms with Crippen LogP contribution >= 0.6 is 0 Å². The number of H-pyrrole nitrogens is 1. The zero-order valence-corrected chi connectivity index (χ0v) is 17.7. The minimum atomic E-state index is -0.411. The second kappa shape index (κ2) is 8.64. The maximum Gasteiger partial charge on any atom is 0.256 e. The number of benzene rings is 1. The molecule has 2 aliphatic rings. The Balaban J connectivity index is 1.53. The number of carbonyl (C=O) groups excluding carboxylic acids is 2. The summed E-state index contributed by atoms with van der Waals surface area (Å²) in [5, 5.41) is 14.9. The van der Waals surface area contributed by atoms with Crippen LogP contribution in [0.5, 0.6) is 0 Å². The molecule has 1 aromatic heterocycles. The summed E-state index contributed by atoms with van der Waals surface area (Å²) in [6.45, 7) is 6.17. The van der Waals surface area contributed by atoms with Gasteiger partial charge in [-0.3, -0.25) is 9.59 Å². The number of hydrogen-bond donors (Lipinski definition) is 4. The second-order valence-corrected chi connectivity index (χ2v) is 8.18. The number of likely N-dealkylation sites (tertiary alicyclic amines) is 1. The molecule has 0 unspecified atom stereocenters. The first-order chi connectivity index (χ1) is 14.9. The molecule has 4 N–H and O–H groups in total. The van der Waals surface area contributed by atoms with Gasteiger partial charge in [0.15, 0.2) is 0 Å². The molecule has 3 heterocycles. The van der Waals surface area contributed by atoms with Gasteiger partial charge in [-0.25, -0.2) is 4.39 Å². The number of anilines is 1. The highest BCUT2D eigenvalue weighted by Crippen LogP contribution is 2.34. The lowest BCUT2D eigenvalue weighted by Gasteiger charge is -2.31. The summed E-state index contributed by atoms with van der Waals surface area (Å²) in [6, 6.07) is 4.28. The monoisotopic (exact) mass is 426 g/mol. The summed E-state index contributed by atoms with van der Waals surface area (Å²) in [6.07, 6.45) is 3.36. The topological polar surface area (TPSA) is 97.5 Å². The van der Waals surface area contributed by atoms with Gasteiger partial charge in [0.1, 0.15) is 5.82 Å². The van der Waals surface area contributed by atoms with E-state index in [1.807, 2.05) is 13.8 Å². The fraction of sp³-hybridized carbons (Fsp3) is 0.391. The van der Waals surface area contributed by atoms with Crippen molar-refractivity contribution in [1.82, 2.24) is 15.2 Å². The number of nitrogens with one attached hydrogen (secondary N) is 3. The van der Waals surface area contributed by atoms with E-state index in [1.165, 1.54) is 12.1 Å². The van der Waals surface area contributed by atoms with Crippen molar-refractivity contribution in [3.8, 4) is 0 Å². The van der Waals surface area contributed by atoms with E-state index in [-0.39, 0.29) is 24.5 Å². The zero-order valence-electron chi connectivity index (χ0n) is 17.7. The molecule has 4 rings (SSSR count). The molecule has 7 nitrogen and oxygen atoms in total. The number of piperidine rings is 1. The summed E-state index contributed by atoms with van der Waals surface area (Å²) >= 11 is 0. The highest BCUT2D eigenvalue weighted by molar-refractivity contribution is 6.34. The minimum Gasteiger partial charge on any atom is -0.395 e. The van der Waals surface area contributed by atoms with Crippen LogP contribution in [-0.4, -0.2) is 59.1 Å². The Morgan fingerprint density at radius 3 is 2.77 bits per heavy atom. The number of aryl methyl sites for hydroxylation is 1. The number of carbonyl (C=O) groups is 2. The van der Waals surface area contributed by atoms with Gasteiger partial charge in [-0.15, -0.1) is 0 Å². The van der Waals surface area contributed by atoms with Crippen LogP contribution in [0, 0.1) is 19.7 Å². The molecule has 31 heavy (non-hydrogen) atoms. The Morgan fingerprint density at radius 1 is 1.32 bits per heavy atom. The molecular formula is C23H27FN4O3. The molecule has 0 aliphatic carbocycles. The number of β-amino-alcohol motifs (C(OH)–C–C–N with tert-alkyl or cyclic N) is 1. The van der Waals surface area contributed by atoms with Gasteiger partial charge < -0.3 is 25.6 Å². The zero-order chi connectivity index (χ0) is 22.1. The molecule has 2 amide bonds. The maximum atomic E-state index is 13.7. The number of hydrogen-bond acceptors (Lipinski definition) is 4. The average molecular weight is 426 g/mol. The highest BCUT2D eigenvalue weighted by atomic mass is 19.1. The minimum absolute atomic E-state index is 0.0911. The fourth-order valence-corrected chi connectivity index (χ4v) is 4.41. The number of aromatic amines is 1. The molecule has 0 atom stereocenters. The van der Waals surface area contributed by atoms with Crippen molar-refractivity contribution in [3.05, 3.63) is 52.1 Å². The van der Waals surface area contributed by atoms with Crippen LogP contribution in [0.1, 0.15) is 45.7 Å². The lowest BCUT2D eigenvalue weighted by Crippen LogP contribution is -2.45. The Bertz CT molecular complexity index is 1050. The number of rotatable bonds is 5. The standard InChI is InChI=1S/C23H27FN4O3/c1-13-20(12-18-17-11-15(24)3-4-19(17)27-22(18)30)25-14(2)21(13)23(31)26-16-5-7-28(8-6-16)9-10-29/h3-4,11-12,16,25,29H,5-10H2,1-2H3,(H,26,31)(H,27,30)/b18-12-. The summed E-state index contributed by atoms with van der Waals surface area (Å²) in [7, 11) is 0. The van der Waals surface area contributed by atoms with Crippen LogP contribution in [0.2, 0.25) is 0 Å². The van der Waals surface area contributed by atoms with Crippen molar-refractivity contribution >= 4 is 29.2 Å². The molecule has 0 bridgehead atoms. The molecular weight excluding hydrogens is 399 g/mol. The van der Waals surface area contributed by atoms with E-state index in [4.69, 9.17) is 5.11 Å². The number of halogens is 1. The SMILES string of the molecule is Cc1[nH]c(/C=C2\C(=O)Nc3ccc(F)cc32)c(C)c1C(=O)NC1CCN(CCO)CC1. The van der Waals surface area contributed by atoms with Crippen molar-refractivity contribution in [2.24, 2.45) is 0 Å². The highest BCUT2D eigenvalue weighted by Gasteiger charge is 2.27. The van der Waals surface area contributed by atoms with Gasteiger partial charge in [0, 0.05) is 48.3 Å². The van der Waals surface area contributed by atoms with E-state index in [2.05, 4.69) is 20.5 Å². The van der Waals surface area contributed by atoms with Crippen LogP contribution in [0.15, 0.2) is 18.2 Å². The van der Waals surface area contributed by atoms with Crippen LogP contribution in [0.4, 0.5) is 10.1 Å². The lowest BCUT2D eigenvalue weighted by atomic mass is 10.0. The molecule has 0 spiro atoms. The van der Waals surface area contributed by atoms with Crippen molar-refractivity contribution in [3.63, 3.8) is 0 Å². The largest absolute Gasteiger partial charge is 0.395 e. The van der Waals surface area contributed by atoms with Crippen molar-refractivity contribution < 1.29 is 19.1 Å². The van der Waals surface area contributed by atoms with Crippen molar-refractivity contribution in [2.45, 2.75) is 32.7 Å². The third kappa shape index (κ3) is 4.26. The Labute approximate surface area is 180 Å². The van der Waals surface area contributed by atoms with Gasteiger partial charge in [0.25, 0.3) is 11.8 Å². The Kier molecular flexibility index (Phi) is 5.93. The van der Waals surface area contributed by atoms with Gasteiger partial charge in [0.05, 0.1) is 17.7 Å². The lowest BCUT2D eigenvalue weighted by molar-refractivity contribution is -0.110. The third-order valence-electron chi connectivity index (χ3n) is 6.10. The van der Waals surface area contributed by atoms with Crippen LogP contribution < -0.4 is 10.6 Å². The molecule has 1 fully saturated rings. The first-order valence-corrected chi connectivity index (χ1v) is 10.5. The number of aromatic nitrogens is 1. The number of amides is 2. The quantitative estimate of drug-likeness (QED) is 0.552. The second-order valence-electron chi connectivity index (χ2n) is 8.18. The average Bonchev–Trinajstić information content (AvgIpc) is 3.19. The number of nitrogens with zero attached hydrogens (tertiary/aromatic N) is 1. The maximum absolute atomic E-state index is 13.7. The molecule has 0 saturated carbocycles. The van der Waals surface area contributed by atoms with Gasteiger partial charge in [-0.05, 0) is 56.5 Å². The van der Waals surface area contributed by atoms with Gasteiger partial charge in [-0.1, -0.05) is 0 Å². The summed E-state index contributed by atoms with van der Waals surface area (Å²) in [4.78, 5) is 30.8. The van der Waals surface area contributed by atoms with Crippen LogP contribution in [0.3, 0.4) is 0 Å². The van der Waals surface area contributed by atoms with Crippen molar-refractivity contribution in [2.75, 3.05) is 31.6 Å². The summed E-state index contributed by atoms with van der Waals surface area (Å²) < 4.78 is 13.7. The molecule has 1 saturated heterocycles. The van der Waals surface area contributed by atoms with Gasteiger partial charge in [0.2, 0.25) is 0 Å². The van der Waals surface area contributed by atoms with E-state index in [0.717, 1.165) is 37.2 Å². The Hall–Kier alpha value is -2.97. The van der Waals surface area contributed by atoms with Gasteiger partial charge in [-0.2, -0.15) is 0 Å². The van der Waals surface area contributed by atoms with E-state index in [1.54, 1.807) is 12.1 Å². The van der Waals surface area contributed by atoms with E-state index in [9.17, 15) is 14.0 Å². The van der Waals surface area contributed by atoms with Crippen molar-refractivity contribution in [1.29, 1.82) is 0 Å². The molecule has 0 radical (unpaired) electrons. The van der Waals surface area contributed by atoms with Crippen LogP contribution in [0.25, 0.3) is 11.6 Å².